The largest absolute Gasteiger partial charge is 0.348 e. The number of nitrogens with zero attached hydrogens (tertiary/aromatic N) is 3. The lowest BCUT2D eigenvalue weighted by Crippen LogP contribution is -2.37. The molecule has 0 unspecified atom stereocenters. The third-order valence-corrected chi connectivity index (χ3v) is 6.35. The van der Waals surface area contributed by atoms with E-state index in [2.05, 4.69) is 10.4 Å². The number of carbonyl (C=O) groups is 1. The number of benzene rings is 1. The van der Waals surface area contributed by atoms with Gasteiger partial charge in [0.1, 0.15) is 0 Å². The molecule has 1 N–H and O–H groups in total. The topological polar surface area (TPSA) is 84.3 Å². The molecular weight excluding hydrogens is 376 g/mol. The van der Waals surface area contributed by atoms with Gasteiger partial charge in [0.05, 0.1) is 5.56 Å². The highest BCUT2D eigenvalue weighted by Crippen LogP contribution is 2.22. The van der Waals surface area contributed by atoms with Crippen molar-refractivity contribution in [2.75, 3.05) is 13.1 Å². The monoisotopic (exact) mass is 396 g/mol. The number of amides is 1. The predicted molar refractivity (Wildman–Crippen MR) is 98.4 cm³/mol. The van der Waals surface area contributed by atoms with Crippen LogP contribution >= 0.6 is 11.6 Å². The van der Waals surface area contributed by atoms with Crippen LogP contribution in [0.4, 0.5) is 0 Å². The minimum atomic E-state index is -3.79. The molecule has 0 spiro atoms. The van der Waals surface area contributed by atoms with Gasteiger partial charge in [0.15, 0.2) is 0 Å². The predicted octanol–water partition coefficient (Wildman–Crippen LogP) is 2.18. The highest BCUT2D eigenvalue weighted by atomic mass is 35.5. The van der Waals surface area contributed by atoms with Gasteiger partial charge < -0.3 is 5.32 Å². The van der Waals surface area contributed by atoms with Gasteiger partial charge in [0.25, 0.3) is 15.9 Å². The summed E-state index contributed by atoms with van der Waals surface area (Å²) in [6.45, 7) is 1.17. The number of hydrogen-bond donors (Lipinski definition) is 1. The molecule has 7 nitrogen and oxygen atoms in total. The van der Waals surface area contributed by atoms with Crippen molar-refractivity contribution in [3.8, 4) is 0 Å². The standard InChI is InChI=1S/C17H21ClN4O3S/c1-21-12-15(16(23)19-11-13-6-5-7-14(18)10-13)17(20-21)26(24,25)22-8-3-2-4-9-22/h5-7,10,12H,2-4,8-9,11H2,1H3,(H,19,23). The van der Waals surface area contributed by atoms with Crippen molar-refractivity contribution in [1.82, 2.24) is 19.4 Å². The molecule has 2 aromatic rings. The van der Waals surface area contributed by atoms with Crippen LogP contribution in [0.3, 0.4) is 0 Å². The number of carbonyl (C=O) groups excluding carboxylic acids is 1. The van der Waals surface area contributed by atoms with Gasteiger partial charge in [-0.15, -0.1) is 0 Å². The van der Waals surface area contributed by atoms with Crippen molar-refractivity contribution in [1.29, 1.82) is 0 Å². The SMILES string of the molecule is Cn1cc(C(=O)NCc2cccc(Cl)c2)c(S(=O)(=O)N2CCCCC2)n1. The van der Waals surface area contributed by atoms with E-state index in [1.807, 2.05) is 6.07 Å². The Kier molecular flexibility index (Phi) is 5.64. The molecule has 3 rings (SSSR count). The summed E-state index contributed by atoms with van der Waals surface area (Å²) in [5, 5.41) is 7.18. The summed E-state index contributed by atoms with van der Waals surface area (Å²) in [7, 11) is -2.19. The highest BCUT2D eigenvalue weighted by Gasteiger charge is 2.33. The van der Waals surface area contributed by atoms with Gasteiger partial charge in [-0.25, -0.2) is 8.42 Å². The summed E-state index contributed by atoms with van der Waals surface area (Å²) in [5.41, 5.74) is 0.885. The average molecular weight is 397 g/mol. The maximum atomic E-state index is 12.9. The summed E-state index contributed by atoms with van der Waals surface area (Å²) < 4.78 is 28.6. The molecule has 2 heterocycles. The van der Waals surface area contributed by atoms with E-state index in [-0.39, 0.29) is 17.1 Å². The van der Waals surface area contributed by atoms with E-state index in [9.17, 15) is 13.2 Å². The van der Waals surface area contributed by atoms with Crippen LogP contribution in [0, 0.1) is 0 Å². The second-order valence-corrected chi connectivity index (χ2v) is 8.59. The highest BCUT2D eigenvalue weighted by molar-refractivity contribution is 7.89. The van der Waals surface area contributed by atoms with E-state index in [0.29, 0.717) is 18.1 Å². The molecule has 1 aromatic carbocycles. The van der Waals surface area contributed by atoms with Crippen molar-refractivity contribution in [3.05, 3.63) is 46.6 Å². The number of sulfonamides is 1. The maximum Gasteiger partial charge on any atom is 0.263 e. The third-order valence-electron chi connectivity index (χ3n) is 4.28. The second kappa shape index (κ2) is 7.77. The average Bonchev–Trinajstić information content (AvgIpc) is 3.03. The Labute approximate surface area is 158 Å². The fourth-order valence-electron chi connectivity index (χ4n) is 2.97. The molecule has 1 aliphatic heterocycles. The summed E-state index contributed by atoms with van der Waals surface area (Å²) in [6, 6.07) is 7.12. The van der Waals surface area contributed by atoms with E-state index < -0.39 is 15.9 Å². The molecule has 1 saturated heterocycles. The van der Waals surface area contributed by atoms with Crippen LogP contribution in [0.1, 0.15) is 35.2 Å². The summed E-state index contributed by atoms with van der Waals surface area (Å²) in [6.07, 6.45) is 4.09. The lowest BCUT2D eigenvalue weighted by Gasteiger charge is -2.25. The third kappa shape index (κ3) is 4.08. The zero-order valence-electron chi connectivity index (χ0n) is 14.5. The van der Waals surface area contributed by atoms with Crippen LogP contribution in [0.5, 0.6) is 0 Å². The van der Waals surface area contributed by atoms with Gasteiger partial charge in [-0.3, -0.25) is 9.48 Å². The Morgan fingerprint density at radius 2 is 2.00 bits per heavy atom. The molecule has 1 aliphatic rings. The van der Waals surface area contributed by atoms with Gasteiger partial charge in [0, 0.05) is 37.9 Å². The Balaban J connectivity index is 1.81. The first-order valence-corrected chi connectivity index (χ1v) is 10.3. The number of piperidine rings is 1. The smallest absolute Gasteiger partial charge is 0.263 e. The van der Waals surface area contributed by atoms with Crippen molar-refractivity contribution >= 4 is 27.5 Å². The second-order valence-electron chi connectivity index (χ2n) is 6.30. The van der Waals surface area contributed by atoms with Crippen molar-refractivity contribution < 1.29 is 13.2 Å². The lowest BCUT2D eigenvalue weighted by molar-refractivity contribution is 0.0947. The van der Waals surface area contributed by atoms with Gasteiger partial charge >= 0.3 is 0 Å². The van der Waals surface area contributed by atoms with Crippen molar-refractivity contribution in [2.45, 2.75) is 30.8 Å². The van der Waals surface area contributed by atoms with Gasteiger partial charge in [0.2, 0.25) is 5.03 Å². The van der Waals surface area contributed by atoms with Gasteiger partial charge in [-0.2, -0.15) is 9.40 Å². The van der Waals surface area contributed by atoms with E-state index in [4.69, 9.17) is 11.6 Å². The van der Waals surface area contributed by atoms with Gasteiger partial charge in [-0.1, -0.05) is 30.2 Å². The van der Waals surface area contributed by atoms with Gasteiger partial charge in [-0.05, 0) is 30.5 Å². The molecule has 26 heavy (non-hydrogen) atoms. The minimum absolute atomic E-state index is 0.0556. The first kappa shape index (κ1) is 18.9. The zero-order valence-corrected chi connectivity index (χ0v) is 16.1. The first-order chi connectivity index (χ1) is 12.4. The molecule has 1 fully saturated rings. The van der Waals surface area contributed by atoms with Crippen molar-refractivity contribution in [3.63, 3.8) is 0 Å². The van der Waals surface area contributed by atoms with E-state index in [0.717, 1.165) is 24.8 Å². The minimum Gasteiger partial charge on any atom is -0.348 e. The number of hydrogen-bond acceptors (Lipinski definition) is 4. The molecule has 1 aromatic heterocycles. The molecule has 0 bridgehead atoms. The Hall–Kier alpha value is -1.90. The summed E-state index contributed by atoms with van der Waals surface area (Å²) >= 11 is 5.94. The number of rotatable bonds is 5. The Morgan fingerprint density at radius 1 is 1.27 bits per heavy atom. The molecule has 0 saturated carbocycles. The number of nitrogens with one attached hydrogen (secondary N) is 1. The first-order valence-electron chi connectivity index (χ1n) is 8.44. The van der Waals surface area contributed by atoms with Crippen LogP contribution in [0.15, 0.2) is 35.5 Å². The van der Waals surface area contributed by atoms with Crippen LogP contribution in [0.25, 0.3) is 0 Å². The molecule has 0 radical (unpaired) electrons. The number of halogens is 1. The van der Waals surface area contributed by atoms with Crippen LogP contribution < -0.4 is 5.32 Å². The fraction of sp³-hybridized carbons (Fsp3) is 0.412. The molecule has 140 valence electrons. The summed E-state index contributed by atoms with van der Waals surface area (Å²) in [4.78, 5) is 12.6. The zero-order chi connectivity index (χ0) is 18.7. The van der Waals surface area contributed by atoms with Crippen LogP contribution in [0.2, 0.25) is 5.02 Å². The molecule has 0 atom stereocenters. The maximum absolute atomic E-state index is 12.9. The Morgan fingerprint density at radius 3 is 2.69 bits per heavy atom. The summed E-state index contributed by atoms with van der Waals surface area (Å²) in [5.74, 6) is -0.478. The van der Waals surface area contributed by atoms with Crippen molar-refractivity contribution in [2.24, 2.45) is 7.05 Å². The molecule has 1 amide bonds. The molecular formula is C17H21ClN4O3S. The molecule has 9 heteroatoms. The number of aryl methyl sites for hydroxylation is 1. The fourth-order valence-corrected chi connectivity index (χ4v) is 4.82. The molecule has 0 aliphatic carbocycles. The quantitative estimate of drug-likeness (QED) is 0.839. The van der Waals surface area contributed by atoms with E-state index >= 15 is 0 Å². The normalized spacial score (nSPS) is 15.8. The van der Waals surface area contributed by atoms with Crippen LogP contribution in [-0.4, -0.2) is 41.5 Å². The van der Waals surface area contributed by atoms with E-state index in [1.165, 1.54) is 15.2 Å². The van der Waals surface area contributed by atoms with Crippen LogP contribution in [-0.2, 0) is 23.6 Å². The number of aromatic nitrogens is 2. The Bertz CT molecular complexity index is 904. The lowest BCUT2D eigenvalue weighted by atomic mass is 10.2. The van der Waals surface area contributed by atoms with E-state index in [1.54, 1.807) is 25.2 Å².